The molecule has 2 aromatic carbocycles. The van der Waals surface area contributed by atoms with Crippen LogP contribution in [0.3, 0.4) is 0 Å². The highest BCUT2D eigenvalue weighted by Gasteiger charge is 2.58. The van der Waals surface area contributed by atoms with Gasteiger partial charge < -0.3 is 15.3 Å². The molecule has 0 radical (unpaired) electrons. The highest BCUT2D eigenvalue weighted by Crippen LogP contribution is 2.40. The van der Waals surface area contributed by atoms with Crippen molar-refractivity contribution in [3.05, 3.63) is 59.7 Å². The van der Waals surface area contributed by atoms with Crippen LogP contribution in [0.2, 0.25) is 0 Å². The number of carbonyl (C=O) groups is 3. The second kappa shape index (κ2) is 8.51. The maximum atomic E-state index is 13.5. The smallest absolute Gasteiger partial charge is 0.347 e. The normalized spacial score (nSPS) is 18.4. The van der Waals surface area contributed by atoms with Crippen LogP contribution in [0.1, 0.15) is 31.9 Å². The number of para-hydroxylation sites is 2. The topological polar surface area (TPSA) is 113 Å². The minimum Gasteiger partial charge on any atom is -0.480 e. The number of nitrogens with one attached hydrogen (secondary N) is 1. The summed E-state index contributed by atoms with van der Waals surface area (Å²) in [6.45, 7) is 8.26. The zero-order chi connectivity index (χ0) is 23.8. The fraction of sp³-hybridized carbons (Fsp3) is 0.348. The molecule has 2 aromatic rings. The van der Waals surface area contributed by atoms with E-state index in [0.717, 1.165) is 11.1 Å². The van der Waals surface area contributed by atoms with Gasteiger partial charge in [0.15, 0.2) is 6.17 Å². The summed E-state index contributed by atoms with van der Waals surface area (Å²) in [6, 6.07) is 11.5. The maximum absolute atomic E-state index is 13.5. The molecule has 4 amide bonds. The number of benzene rings is 2. The van der Waals surface area contributed by atoms with E-state index in [1.54, 1.807) is 57.2 Å². The Morgan fingerprint density at radius 3 is 2.19 bits per heavy atom. The third-order valence-corrected chi connectivity index (χ3v) is 5.86. The molecule has 1 saturated heterocycles. The van der Waals surface area contributed by atoms with E-state index in [4.69, 9.17) is 0 Å². The summed E-state index contributed by atoms with van der Waals surface area (Å²) in [5.41, 5.74) is 1.28. The third kappa shape index (κ3) is 3.87. The third-order valence-electron chi connectivity index (χ3n) is 5.86. The van der Waals surface area contributed by atoms with Crippen molar-refractivity contribution in [1.29, 1.82) is 0 Å². The fourth-order valence-electron chi connectivity index (χ4n) is 4.16. The van der Waals surface area contributed by atoms with Gasteiger partial charge in [0.25, 0.3) is 0 Å². The fourth-order valence-corrected chi connectivity index (χ4v) is 4.16. The van der Waals surface area contributed by atoms with E-state index in [-0.39, 0.29) is 0 Å². The van der Waals surface area contributed by atoms with Crippen molar-refractivity contribution < 1.29 is 24.7 Å². The molecule has 32 heavy (non-hydrogen) atoms. The van der Waals surface area contributed by atoms with Gasteiger partial charge in [-0.15, -0.1) is 0 Å². The van der Waals surface area contributed by atoms with Gasteiger partial charge in [-0.1, -0.05) is 36.4 Å². The summed E-state index contributed by atoms with van der Waals surface area (Å²) < 4.78 is 0. The first kappa shape index (κ1) is 23.1. The second-order valence-electron chi connectivity index (χ2n) is 8.44. The number of hydrogen-bond donors (Lipinski definition) is 3. The quantitative estimate of drug-likeness (QED) is 0.480. The van der Waals surface area contributed by atoms with Gasteiger partial charge in [0, 0.05) is 5.69 Å². The largest absolute Gasteiger partial charge is 0.480 e. The highest BCUT2D eigenvalue weighted by atomic mass is 16.5. The van der Waals surface area contributed by atoms with E-state index < -0.39 is 35.8 Å². The van der Waals surface area contributed by atoms with Crippen molar-refractivity contribution >= 4 is 29.4 Å². The SMILES string of the molecule is Cc1ccccc1NC(=O)N(O)[C@@H]1N(c2ccccc2C)C(=O)N([C@@H](C)C(=O)O)C1(C)C. The number of anilines is 2. The molecule has 9 nitrogen and oxygen atoms in total. The molecule has 0 unspecified atom stereocenters. The Labute approximate surface area is 186 Å². The van der Waals surface area contributed by atoms with Crippen LogP contribution in [0.5, 0.6) is 0 Å². The van der Waals surface area contributed by atoms with Crippen molar-refractivity contribution in [1.82, 2.24) is 9.96 Å². The number of rotatable bonds is 5. The number of carboxylic acids is 1. The Morgan fingerprint density at radius 1 is 1.06 bits per heavy atom. The number of amides is 4. The number of urea groups is 2. The monoisotopic (exact) mass is 440 g/mol. The van der Waals surface area contributed by atoms with E-state index in [2.05, 4.69) is 5.32 Å². The lowest BCUT2D eigenvalue weighted by atomic mass is 9.98. The van der Waals surface area contributed by atoms with Crippen molar-refractivity contribution in [2.45, 2.75) is 52.4 Å². The van der Waals surface area contributed by atoms with Crippen LogP contribution in [-0.2, 0) is 4.79 Å². The summed E-state index contributed by atoms with van der Waals surface area (Å²) in [5.74, 6) is -1.19. The van der Waals surface area contributed by atoms with Crippen LogP contribution < -0.4 is 10.2 Å². The van der Waals surface area contributed by atoms with Gasteiger partial charge in [0.2, 0.25) is 0 Å². The molecular formula is C23H28N4O5. The van der Waals surface area contributed by atoms with Gasteiger partial charge in [-0.2, -0.15) is 5.06 Å². The van der Waals surface area contributed by atoms with Gasteiger partial charge >= 0.3 is 18.0 Å². The lowest BCUT2D eigenvalue weighted by Gasteiger charge is -2.39. The van der Waals surface area contributed by atoms with E-state index in [1.807, 2.05) is 19.1 Å². The predicted octanol–water partition coefficient (Wildman–Crippen LogP) is 4.05. The van der Waals surface area contributed by atoms with Gasteiger partial charge in [0.05, 0.1) is 11.2 Å². The molecule has 170 valence electrons. The molecular weight excluding hydrogens is 412 g/mol. The Kier molecular flexibility index (Phi) is 6.13. The average molecular weight is 441 g/mol. The molecule has 9 heteroatoms. The summed E-state index contributed by atoms with van der Waals surface area (Å²) in [6.07, 6.45) is -1.19. The molecule has 3 rings (SSSR count). The van der Waals surface area contributed by atoms with E-state index in [9.17, 15) is 24.7 Å². The Hall–Kier alpha value is -3.59. The van der Waals surface area contributed by atoms with Gasteiger partial charge in [-0.05, 0) is 57.9 Å². The lowest BCUT2D eigenvalue weighted by molar-refractivity contribution is -0.145. The van der Waals surface area contributed by atoms with E-state index >= 15 is 0 Å². The summed E-state index contributed by atoms with van der Waals surface area (Å²) in [4.78, 5) is 40.7. The molecule has 0 aliphatic carbocycles. The molecule has 0 bridgehead atoms. The van der Waals surface area contributed by atoms with Crippen LogP contribution in [0.25, 0.3) is 0 Å². The molecule has 3 N–H and O–H groups in total. The number of hydrogen-bond acceptors (Lipinski definition) is 4. The number of hydroxylamine groups is 2. The molecule has 2 atom stereocenters. The number of nitrogens with zero attached hydrogens (tertiary/aromatic N) is 3. The standard InChI is InChI=1S/C23H28N4O5/c1-14-10-6-8-12-17(14)24-21(30)27(32)20-23(4,5)26(16(3)19(28)29)22(31)25(20)18-13-9-7-11-15(18)2/h6-13,16,20,32H,1-5H3,(H,24,30)(H,28,29)/t16-,20-/m0/s1. The minimum absolute atomic E-state index is 0.464. The Bertz CT molecular complexity index is 1050. The zero-order valence-electron chi connectivity index (χ0n) is 18.7. The molecule has 0 aromatic heterocycles. The Morgan fingerprint density at radius 2 is 1.62 bits per heavy atom. The zero-order valence-corrected chi connectivity index (χ0v) is 18.7. The first-order chi connectivity index (χ1) is 15.0. The van der Waals surface area contributed by atoms with Crippen LogP contribution in [-0.4, -0.2) is 56.1 Å². The second-order valence-corrected chi connectivity index (χ2v) is 8.44. The highest BCUT2D eigenvalue weighted by molar-refractivity contribution is 6.00. The van der Waals surface area contributed by atoms with Crippen molar-refractivity contribution in [3.63, 3.8) is 0 Å². The molecule has 1 aliphatic heterocycles. The first-order valence-corrected chi connectivity index (χ1v) is 10.2. The average Bonchev–Trinajstić information content (AvgIpc) is 2.93. The van der Waals surface area contributed by atoms with Gasteiger partial charge in [-0.25, -0.2) is 14.4 Å². The molecule has 1 aliphatic rings. The summed E-state index contributed by atoms with van der Waals surface area (Å²) >= 11 is 0. The molecule has 1 heterocycles. The lowest BCUT2D eigenvalue weighted by Crippen LogP contribution is -2.59. The van der Waals surface area contributed by atoms with Crippen LogP contribution >= 0.6 is 0 Å². The minimum atomic E-state index is -1.24. The van der Waals surface area contributed by atoms with E-state index in [1.165, 1.54) is 16.7 Å². The summed E-state index contributed by atoms with van der Waals surface area (Å²) in [5, 5.41) is 23.8. The number of carbonyl (C=O) groups excluding carboxylic acids is 2. The van der Waals surface area contributed by atoms with Crippen molar-refractivity contribution in [3.8, 4) is 0 Å². The van der Waals surface area contributed by atoms with Crippen LogP contribution in [0.15, 0.2) is 48.5 Å². The number of aliphatic carboxylic acids is 1. The van der Waals surface area contributed by atoms with E-state index in [0.29, 0.717) is 16.4 Å². The van der Waals surface area contributed by atoms with Crippen LogP contribution in [0.4, 0.5) is 21.0 Å². The van der Waals surface area contributed by atoms with Crippen molar-refractivity contribution in [2.75, 3.05) is 10.2 Å². The number of carboxylic acid groups (broad SMARTS) is 1. The molecule has 1 fully saturated rings. The van der Waals surface area contributed by atoms with Gasteiger partial charge in [0.1, 0.15) is 6.04 Å². The first-order valence-electron chi connectivity index (χ1n) is 10.2. The maximum Gasteiger partial charge on any atom is 0.347 e. The Balaban J connectivity index is 2.07. The molecule has 0 saturated carbocycles. The molecule has 0 spiro atoms. The van der Waals surface area contributed by atoms with Gasteiger partial charge in [-0.3, -0.25) is 10.1 Å². The predicted molar refractivity (Wildman–Crippen MR) is 120 cm³/mol. The summed E-state index contributed by atoms with van der Waals surface area (Å²) in [7, 11) is 0. The van der Waals surface area contributed by atoms with Crippen LogP contribution in [0, 0.1) is 13.8 Å². The van der Waals surface area contributed by atoms with Crippen molar-refractivity contribution in [2.24, 2.45) is 0 Å². The number of aryl methyl sites for hydroxylation is 2.